The molecule has 3 atom stereocenters. The third-order valence-corrected chi connectivity index (χ3v) is 3.78. The van der Waals surface area contributed by atoms with E-state index in [-0.39, 0.29) is 0 Å². The van der Waals surface area contributed by atoms with E-state index in [2.05, 4.69) is 11.8 Å². The highest BCUT2D eigenvalue weighted by Crippen LogP contribution is 2.23. The molecular weight excluding hydrogens is 190 g/mol. The lowest BCUT2D eigenvalue weighted by Gasteiger charge is -2.40. The Bertz CT molecular complexity index is 234. The zero-order chi connectivity index (χ0) is 10.8. The van der Waals surface area contributed by atoms with Gasteiger partial charge in [0.25, 0.3) is 0 Å². The smallest absolute Gasteiger partial charge is 0.209 e. The quantitative estimate of drug-likeness (QED) is 0.656. The normalized spacial score (nSPS) is 38.3. The summed E-state index contributed by atoms with van der Waals surface area (Å²) in [4.78, 5) is 15.1. The Hall–Kier alpha value is -0.610. The standard InChI is InChI=1S/C11H21N3O/c1-9-6-10(12)2-5-14(9)11-3-4-13(7-11)8-15/h8-11H,2-7,12H2,1H3. The van der Waals surface area contributed by atoms with Gasteiger partial charge in [0.15, 0.2) is 0 Å². The molecule has 1 amide bonds. The number of hydrogen-bond acceptors (Lipinski definition) is 3. The van der Waals surface area contributed by atoms with Crippen LogP contribution in [0.2, 0.25) is 0 Å². The Labute approximate surface area is 91.4 Å². The Morgan fingerprint density at radius 2 is 2.13 bits per heavy atom. The monoisotopic (exact) mass is 211 g/mol. The van der Waals surface area contributed by atoms with Crippen molar-refractivity contribution in [3.63, 3.8) is 0 Å². The minimum absolute atomic E-state index is 0.375. The van der Waals surface area contributed by atoms with Crippen LogP contribution in [0.5, 0.6) is 0 Å². The first-order valence-electron chi connectivity index (χ1n) is 5.91. The minimum Gasteiger partial charge on any atom is -0.344 e. The number of nitrogens with zero attached hydrogens (tertiary/aromatic N) is 2. The number of piperidine rings is 1. The third-order valence-electron chi connectivity index (χ3n) is 3.78. The molecule has 3 unspecified atom stereocenters. The van der Waals surface area contributed by atoms with Crippen molar-refractivity contribution in [3.05, 3.63) is 0 Å². The first kappa shape index (κ1) is 10.9. The van der Waals surface area contributed by atoms with Crippen LogP contribution in [0.25, 0.3) is 0 Å². The zero-order valence-corrected chi connectivity index (χ0v) is 9.43. The Morgan fingerprint density at radius 1 is 1.33 bits per heavy atom. The van der Waals surface area contributed by atoms with Gasteiger partial charge in [-0.05, 0) is 26.2 Å². The molecule has 0 bridgehead atoms. The van der Waals surface area contributed by atoms with Crippen LogP contribution in [0.1, 0.15) is 26.2 Å². The molecule has 0 aromatic carbocycles. The molecule has 0 spiro atoms. The van der Waals surface area contributed by atoms with Gasteiger partial charge >= 0.3 is 0 Å². The minimum atomic E-state index is 0.375. The average molecular weight is 211 g/mol. The zero-order valence-electron chi connectivity index (χ0n) is 9.43. The van der Waals surface area contributed by atoms with E-state index in [1.807, 2.05) is 4.90 Å². The molecule has 2 aliphatic heterocycles. The van der Waals surface area contributed by atoms with Crippen LogP contribution < -0.4 is 5.73 Å². The van der Waals surface area contributed by atoms with E-state index in [4.69, 9.17) is 5.73 Å². The van der Waals surface area contributed by atoms with Crippen molar-refractivity contribution >= 4 is 6.41 Å². The van der Waals surface area contributed by atoms with Crippen LogP contribution in [0, 0.1) is 0 Å². The predicted molar refractivity (Wildman–Crippen MR) is 59.4 cm³/mol. The molecule has 2 N–H and O–H groups in total. The second-order valence-electron chi connectivity index (χ2n) is 4.91. The summed E-state index contributed by atoms with van der Waals surface area (Å²) in [5.74, 6) is 0. The maximum atomic E-state index is 10.7. The summed E-state index contributed by atoms with van der Waals surface area (Å²) in [6.07, 6.45) is 4.29. The average Bonchev–Trinajstić information content (AvgIpc) is 2.66. The summed E-state index contributed by atoms with van der Waals surface area (Å²) in [6.45, 7) is 5.18. The van der Waals surface area contributed by atoms with E-state index in [0.29, 0.717) is 18.1 Å². The van der Waals surface area contributed by atoms with E-state index in [1.165, 1.54) is 0 Å². The second-order valence-corrected chi connectivity index (χ2v) is 4.91. The molecule has 4 nitrogen and oxygen atoms in total. The van der Waals surface area contributed by atoms with Crippen molar-refractivity contribution in [3.8, 4) is 0 Å². The van der Waals surface area contributed by atoms with Gasteiger partial charge in [-0.15, -0.1) is 0 Å². The van der Waals surface area contributed by atoms with Crippen LogP contribution in [-0.2, 0) is 4.79 Å². The van der Waals surface area contributed by atoms with Crippen molar-refractivity contribution in [2.75, 3.05) is 19.6 Å². The molecular formula is C11H21N3O. The first-order valence-corrected chi connectivity index (χ1v) is 5.91. The highest BCUT2D eigenvalue weighted by Gasteiger charge is 2.32. The molecule has 2 heterocycles. The Kier molecular flexibility index (Phi) is 3.26. The largest absolute Gasteiger partial charge is 0.344 e. The number of rotatable bonds is 2. The maximum absolute atomic E-state index is 10.7. The van der Waals surface area contributed by atoms with Crippen LogP contribution in [0.3, 0.4) is 0 Å². The van der Waals surface area contributed by atoms with E-state index >= 15 is 0 Å². The molecule has 86 valence electrons. The second kappa shape index (κ2) is 4.49. The highest BCUT2D eigenvalue weighted by atomic mass is 16.1. The molecule has 2 aliphatic rings. The van der Waals surface area contributed by atoms with Crippen LogP contribution >= 0.6 is 0 Å². The summed E-state index contributed by atoms with van der Waals surface area (Å²) in [5, 5.41) is 0. The maximum Gasteiger partial charge on any atom is 0.209 e. The lowest BCUT2D eigenvalue weighted by atomic mass is 9.97. The van der Waals surface area contributed by atoms with Gasteiger partial charge in [-0.3, -0.25) is 9.69 Å². The molecule has 2 fully saturated rings. The number of likely N-dealkylation sites (tertiary alicyclic amines) is 2. The van der Waals surface area contributed by atoms with Gasteiger partial charge in [0, 0.05) is 37.8 Å². The van der Waals surface area contributed by atoms with Gasteiger partial charge in [0.1, 0.15) is 0 Å². The van der Waals surface area contributed by atoms with E-state index in [1.54, 1.807) is 0 Å². The van der Waals surface area contributed by atoms with Crippen molar-refractivity contribution in [1.29, 1.82) is 0 Å². The number of carbonyl (C=O) groups excluding carboxylic acids is 1. The summed E-state index contributed by atoms with van der Waals surface area (Å²) < 4.78 is 0. The first-order chi connectivity index (χ1) is 7.20. The SMILES string of the molecule is CC1CC(N)CCN1C1CCN(C=O)C1. The predicted octanol–water partition coefficient (Wildman–Crippen LogP) is 0.0287. The number of nitrogens with two attached hydrogens (primary N) is 1. The van der Waals surface area contributed by atoms with E-state index in [9.17, 15) is 4.79 Å². The number of carbonyl (C=O) groups is 1. The van der Waals surface area contributed by atoms with Gasteiger partial charge < -0.3 is 10.6 Å². The molecule has 0 aromatic heterocycles. The lowest BCUT2D eigenvalue weighted by molar-refractivity contribution is -0.117. The van der Waals surface area contributed by atoms with Gasteiger partial charge in [0.05, 0.1) is 0 Å². The summed E-state index contributed by atoms with van der Waals surface area (Å²) in [5.41, 5.74) is 5.95. The van der Waals surface area contributed by atoms with Crippen LogP contribution in [0.15, 0.2) is 0 Å². The fourth-order valence-electron chi connectivity index (χ4n) is 2.90. The molecule has 15 heavy (non-hydrogen) atoms. The molecule has 2 saturated heterocycles. The van der Waals surface area contributed by atoms with Crippen LogP contribution in [-0.4, -0.2) is 54.0 Å². The topological polar surface area (TPSA) is 49.6 Å². The summed E-state index contributed by atoms with van der Waals surface area (Å²) in [7, 11) is 0. The highest BCUT2D eigenvalue weighted by molar-refractivity contribution is 5.47. The number of amides is 1. The number of hydrogen-bond donors (Lipinski definition) is 1. The third kappa shape index (κ3) is 2.32. The fraction of sp³-hybridized carbons (Fsp3) is 0.909. The molecule has 2 rings (SSSR count). The molecule has 0 aromatic rings. The molecule has 4 heteroatoms. The molecule has 0 saturated carbocycles. The van der Waals surface area contributed by atoms with Gasteiger partial charge in [0.2, 0.25) is 6.41 Å². The van der Waals surface area contributed by atoms with Crippen LogP contribution in [0.4, 0.5) is 0 Å². The van der Waals surface area contributed by atoms with Gasteiger partial charge in [-0.1, -0.05) is 0 Å². The fourth-order valence-corrected chi connectivity index (χ4v) is 2.90. The van der Waals surface area contributed by atoms with Crippen molar-refractivity contribution in [2.45, 2.75) is 44.3 Å². The van der Waals surface area contributed by atoms with Gasteiger partial charge in [-0.2, -0.15) is 0 Å². The van der Waals surface area contributed by atoms with Crippen molar-refractivity contribution < 1.29 is 4.79 Å². The van der Waals surface area contributed by atoms with Crippen molar-refractivity contribution in [2.24, 2.45) is 5.73 Å². The van der Waals surface area contributed by atoms with Gasteiger partial charge in [-0.25, -0.2) is 0 Å². The summed E-state index contributed by atoms with van der Waals surface area (Å²) in [6, 6.07) is 1.52. The van der Waals surface area contributed by atoms with E-state index < -0.39 is 0 Å². The Balaban J connectivity index is 1.91. The Morgan fingerprint density at radius 3 is 2.73 bits per heavy atom. The summed E-state index contributed by atoms with van der Waals surface area (Å²) >= 11 is 0. The molecule has 0 radical (unpaired) electrons. The van der Waals surface area contributed by atoms with Crippen molar-refractivity contribution in [1.82, 2.24) is 9.80 Å². The molecule has 0 aliphatic carbocycles. The lowest BCUT2D eigenvalue weighted by Crippen LogP contribution is -2.50. The van der Waals surface area contributed by atoms with E-state index in [0.717, 1.165) is 45.3 Å².